The van der Waals surface area contributed by atoms with E-state index in [0.717, 1.165) is 18.4 Å². The fraction of sp³-hybridized carbons (Fsp3) is 0.500. The van der Waals surface area contributed by atoms with Crippen molar-refractivity contribution < 1.29 is 5.11 Å². The summed E-state index contributed by atoms with van der Waals surface area (Å²) < 4.78 is 0. The maximum Gasteiger partial charge on any atom is 0.0684 e. The molecule has 1 aromatic rings. The standard InChI is InChI=1S/C12H17NO/c13-12-7-3-6-11(12)10-5-2-1-4-9(10)8-14/h1-2,4-5,11-12,14H,3,6-8,13H2/t11-,12-/m1/s1. The van der Waals surface area contributed by atoms with Crippen LogP contribution in [0.4, 0.5) is 0 Å². The second-order valence-corrected chi connectivity index (χ2v) is 4.06. The lowest BCUT2D eigenvalue weighted by Gasteiger charge is -2.18. The van der Waals surface area contributed by atoms with Gasteiger partial charge in [0.05, 0.1) is 6.61 Å². The Bertz CT molecular complexity index is 311. The molecule has 2 heteroatoms. The molecule has 2 atom stereocenters. The molecule has 3 N–H and O–H groups in total. The van der Waals surface area contributed by atoms with E-state index in [2.05, 4.69) is 6.07 Å². The third-order valence-electron chi connectivity index (χ3n) is 3.19. The third kappa shape index (κ3) is 1.68. The van der Waals surface area contributed by atoms with Crippen LogP contribution in [0.5, 0.6) is 0 Å². The van der Waals surface area contributed by atoms with E-state index in [9.17, 15) is 5.11 Å². The van der Waals surface area contributed by atoms with Gasteiger partial charge in [0.15, 0.2) is 0 Å². The Kier molecular flexibility index (Phi) is 2.85. The van der Waals surface area contributed by atoms with Gasteiger partial charge in [-0.05, 0) is 29.9 Å². The van der Waals surface area contributed by atoms with E-state index in [1.54, 1.807) is 0 Å². The lowest BCUT2D eigenvalue weighted by molar-refractivity contribution is 0.279. The van der Waals surface area contributed by atoms with Crippen LogP contribution in [-0.2, 0) is 6.61 Å². The predicted molar refractivity (Wildman–Crippen MR) is 56.9 cm³/mol. The minimum absolute atomic E-state index is 0.124. The SMILES string of the molecule is N[C@@H]1CCC[C@@H]1c1ccccc1CO. The molecular formula is C12H17NO. The number of benzene rings is 1. The van der Waals surface area contributed by atoms with Crippen LogP contribution in [0.3, 0.4) is 0 Å². The quantitative estimate of drug-likeness (QED) is 0.748. The maximum absolute atomic E-state index is 9.22. The van der Waals surface area contributed by atoms with E-state index >= 15 is 0 Å². The highest BCUT2D eigenvalue weighted by atomic mass is 16.3. The molecular weight excluding hydrogens is 174 g/mol. The van der Waals surface area contributed by atoms with Crippen LogP contribution in [0, 0.1) is 0 Å². The molecule has 14 heavy (non-hydrogen) atoms. The highest BCUT2D eigenvalue weighted by Crippen LogP contribution is 2.34. The molecule has 0 aliphatic heterocycles. The van der Waals surface area contributed by atoms with Crippen molar-refractivity contribution in [1.82, 2.24) is 0 Å². The van der Waals surface area contributed by atoms with Crippen LogP contribution >= 0.6 is 0 Å². The van der Waals surface area contributed by atoms with Gasteiger partial charge in [-0.2, -0.15) is 0 Å². The Labute approximate surface area is 84.7 Å². The number of aliphatic hydroxyl groups is 1. The predicted octanol–water partition coefficient (Wildman–Crippen LogP) is 1.77. The van der Waals surface area contributed by atoms with Crippen LogP contribution in [-0.4, -0.2) is 11.1 Å². The van der Waals surface area contributed by atoms with Gasteiger partial charge in [0.1, 0.15) is 0 Å². The van der Waals surface area contributed by atoms with Gasteiger partial charge in [-0.1, -0.05) is 30.7 Å². The Morgan fingerprint density at radius 3 is 2.71 bits per heavy atom. The first-order valence-corrected chi connectivity index (χ1v) is 5.27. The lowest BCUT2D eigenvalue weighted by atomic mass is 9.91. The Morgan fingerprint density at radius 1 is 1.29 bits per heavy atom. The summed E-state index contributed by atoms with van der Waals surface area (Å²) in [4.78, 5) is 0. The highest BCUT2D eigenvalue weighted by molar-refractivity contribution is 5.31. The summed E-state index contributed by atoms with van der Waals surface area (Å²) in [7, 11) is 0. The summed E-state index contributed by atoms with van der Waals surface area (Å²) in [5.41, 5.74) is 8.34. The van der Waals surface area contributed by atoms with Crippen molar-refractivity contribution in [3.63, 3.8) is 0 Å². The van der Waals surface area contributed by atoms with Gasteiger partial charge in [-0.15, -0.1) is 0 Å². The molecule has 1 fully saturated rings. The van der Waals surface area contributed by atoms with Crippen molar-refractivity contribution in [2.24, 2.45) is 5.73 Å². The van der Waals surface area contributed by atoms with Crippen LogP contribution < -0.4 is 5.73 Å². The van der Waals surface area contributed by atoms with E-state index in [4.69, 9.17) is 5.73 Å². The summed E-state index contributed by atoms with van der Waals surface area (Å²) in [6, 6.07) is 8.36. The molecule has 0 unspecified atom stereocenters. The first kappa shape index (κ1) is 9.69. The smallest absolute Gasteiger partial charge is 0.0684 e. The lowest BCUT2D eigenvalue weighted by Crippen LogP contribution is -2.23. The van der Waals surface area contributed by atoms with Gasteiger partial charge in [-0.3, -0.25) is 0 Å². The Morgan fingerprint density at radius 2 is 2.07 bits per heavy atom. The normalized spacial score (nSPS) is 26.7. The third-order valence-corrected chi connectivity index (χ3v) is 3.19. The Balaban J connectivity index is 2.30. The maximum atomic E-state index is 9.22. The second-order valence-electron chi connectivity index (χ2n) is 4.06. The molecule has 0 bridgehead atoms. The van der Waals surface area contributed by atoms with Gasteiger partial charge >= 0.3 is 0 Å². The molecule has 0 heterocycles. The van der Waals surface area contributed by atoms with Gasteiger partial charge in [0, 0.05) is 6.04 Å². The minimum atomic E-state index is 0.124. The van der Waals surface area contributed by atoms with Gasteiger partial charge < -0.3 is 10.8 Å². The first-order chi connectivity index (χ1) is 6.83. The molecule has 76 valence electrons. The molecule has 0 amide bonds. The molecule has 0 spiro atoms. The molecule has 0 radical (unpaired) electrons. The van der Waals surface area contributed by atoms with Crippen LogP contribution in [0.2, 0.25) is 0 Å². The summed E-state index contributed by atoms with van der Waals surface area (Å²) in [5, 5.41) is 9.22. The zero-order valence-corrected chi connectivity index (χ0v) is 8.32. The van der Waals surface area contributed by atoms with E-state index in [1.165, 1.54) is 12.0 Å². The fourth-order valence-corrected chi connectivity index (χ4v) is 2.41. The van der Waals surface area contributed by atoms with E-state index < -0.39 is 0 Å². The van der Waals surface area contributed by atoms with Gasteiger partial charge in [0.2, 0.25) is 0 Å². The molecule has 1 aliphatic carbocycles. The molecule has 2 nitrogen and oxygen atoms in total. The van der Waals surface area contributed by atoms with Crippen molar-refractivity contribution >= 4 is 0 Å². The minimum Gasteiger partial charge on any atom is -0.392 e. The van der Waals surface area contributed by atoms with Gasteiger partial charge in [-0.25, -0.2) is 0 Å². The first-order valence-electron chi connectivity index (χ1n) is 5.27. The summed E-state index contributed by atoms with van der Waals surface area (Å²) in [6.45, 7) is 0.124. The molecule has 1 aromatic carbocycles. The van der Waals surface area contributed by atoms with E-state index in [0.29, 0.717) is 5.92 Å². The second kappa shape index (κ2) is 4.11. The van der Waals surface area contributed by atoms with Crippen molar-refractivity contribution in [2.45, 2.75) is 37.8 Å². The summed E-state index contributed by atoms with van der Waals surface area (Å²) in [6.07, 6.45) is 3.49. The number of hydrogen-bond acceptors (Lipinski definition) is 2. The van der Waals surface area contributed by atoms with Crippen molar-refractivity contribution in [1.29, 1.82) is 0 Å². The zero-order chi connectivity index (χ0) is 9.97. The number of hydrogen-bond donors (Lipinski definition) is 2. The Hall–Kier alpha value is -0.860. The van der Waals surface area contributed by atoms with Crippen molar-refractivity contribution in [2.75, 3.05) is 0 Å². The summed E-state index contributed by atoms with van der Waals surface area (Å²) in [5.74, 6) is 0.457. The number of nitrogens with two attached hydrogens (primary N) is 1. The highest BCUT2D eigenvalue weighted by Gasteiger charge is 2.26. The van der Waals surface area contributed by atoms with Crippen LogP contribution in [0.1, 0.15) is 36.3 Å². The average Bonchev–Trinajstić information content (AvgIpc) is 2.64. The van der Waals surface area contributed by atoms with Crippen molar-refractivity contribution in [3.05, 3.63) is 35.4 Å². The topological polar surface area (TPSA) is 46.2 Å². The van der Waals surface area contributed by atoms with E-state index in [-0.39, 0.29) is 12.6 Å². The number of aliphatic hydroxyl groups excluding tert-OH is 1. The molecule has 0 aromatic heterocycles. The fourth-order valence-electron chi connectivity index (χ4n) is 2.41. The molecule has 1 aliphatic rings. The van der Waals surface area contributed by atoms with E-state index in [1.807, 2.05) is 18.2 Å². The molecule has 2 rings (SSSR count). The summed E-state index contributed by atoms with van der Waals surface area (Å²) >= 11 is 0. The van der Waals surface area contributed by atoms with Crippen molar-refractivity contribution in [3.8, 4) is 0 Å². The monoisotopic (exact) mass is 191 g/mol. The zero-order valence-electron chi connectivity index (χ0n) is 8.32. The number of rotatable bonds is 2. The molecule has 0 saturated heterocycles. The van der Waals surface area contributed by atoms with Crippen LogP contribution in [0.15, 0.2) is 24.3 Å². The average molecular weight is 191 g/mol. The van der Waals surface area contributed by atoms with Crippen LogP contribution in [0.25, 0.3) is 0 Å². The van der Waals surface area contributed by atoms with Gasteiger partial charge in [0.25, 0.3) is 0 Å². The largest absolute Gasteiger partial charge is 0.392 e. The molecule has 1 saturated carbocycles.